The van der Waals surface area contributed by atoms with Gasteiger partial charge in [-0.1, -0.05) is 65.0 Å². The van der Waals surface area contributed by atoms with E-state index in [0.717, 1.165) is 41.4 Å². The average molecular weight is 491 g/mol. The molecule has 1 saturated carbocycles. The first-order valence-corrected chi connectivity index (χ1v) is 11.6. The van der Waals surface area contributed by atoms with Crippen LogP contribution in [0.4, 0.5) is 5.69 Å². The maximum absolute atomic E-state index is 13.3. The molecule has 2 fully saturated rings. The van der Waals surface area contributed by atoms with Gasteiger partial charge in [-0.3, -0.25) is 9.59 Å². The first-order valence-electron chi connectivity index (χ1n) is 10.4. The molecule has 0 spiro atoms. The molecule has 1 heterocycles. The summed E-state index contributed by atoms with van der Waals surface area (Å²) in [5, 5.41) is 7.31. The van der Waals surface area contributed by atoms with Crippen molar-refractivity contribution in [2.75, 3.05) is 11.6 Å². The van der Waals surface area contributed by atoms with Gasteiger partial charge in [0, 0.05) is 28.6 Å². The van der Waals surface area contributed by atoms with E-state index in [9.17, 15) is 9.59 Å². The fourth-order valence-electron chi connectivity index (χ4n) is 4.23. The molecule has 1 atom stereocenters. The van der Waals surface area contributed by atoms with Crippen LogP contribution in [0.15, 0.2) is 53.0 Å². The summed E-state index contributed by atoms with van der Waals surface area (Å²) in [6.07, 6.45) is 5.47. The number of nitrogens with zero attached hydrogens (tertiary/aromatic N) is 2. The Kier molecular flexibility index (Phi) is 6.76. The minimum atomic E-state index is -0.724. The normalized spacial score (nSPS) is 20.5. The quantitative estimate of drug-likeness (QED) is 0.605. The molecule has 7 heteroatoms. The van der Waals surface area contributed by atoms with E-state index in [1.54, 1.807) is 5.01 Å². The van der Waals surface area contributed by atoms with Crippen LogP contribution in [0, 0.1) is 5.92 Å². The zero-order valence-corrected chi connectivity index (χ0v) is 19.0. The maximum Gasteiger partial charge on any atom is 0.255 e. The number of hydrogen-bond donors (Lipinski definition) is 1. The van der Waals surface area contributed by atoms with E-state index < -0.39 is 5.92 Å². The zero-order valence-electron chi connectivity index (χ0n) is 16.7. The van der Waals surface area contributed by atoms with Gasteiger partial charge in [-0.2, -0.15) is 0 Å². The Morgan fingerprint density at radius 2 is 1.77 bits per heavy atom. The van der Waals surface area contributed by atoms with E-state index in [2.05, 4.69) is 21.2 Å². The fourth-order valence-corrected chi connectivity index (χ4v) is 4.69. The molecule has 1 aliphatic heterocycles. The lowest BCUT2D eigenvalue weighted by molar-refractivity contribution is -0.132. The monoisotopic (exact) mass is 489 g/mol. The molecule has 2 aromatic rings. The zero-order chi connectivity index (χ0) is 21.1. The molecule has 4 rings (SSSR count). The summed E-state index contributed by atoms with van der Waals surface area (Å²) >= 11 is 9.81. The van der Waals surface area contributed by atoms with Gasteiger partial charge in [0.15, 0.2) is 0 Å². The van der Waals surface area contributed by atoms with Gasteiger partial charge in [0.2, 0.25) is 5.91 Å². The summed E-state index contributed by atoms with van der Waals surface area (Å²) < 4.78 is 0.933. The molecule has 0 radical (unpaired) electrons. The number of hydrogen-bond acceptors (Lipinski definition) is 3. The van der Waals surface area contributed by atoms with Gasteiger partial charge in [0.1, 0.15) is 5.92 Å². The Morgan fingerprint density at radius 1 is 1.07 bits per heavy atom. The van der Waals surface area contributed by atoms with Crippen LogP contribution in [0.25, 0.3) is 0 Å². The number of nitrogens with one attached hydrogen (secondary N) is 1. The summed E-state index contributed by atoms with van der Waals surface area (Å²) in [6.45, 7) is 0.785. The summed E-state index contributed by atoms with van der Waals surface area (Å²) in [5.74, 6) is -1.09. The van der Waals surface area contributed by atoms with Crippen molar-refractivity contribution in [3.63, 3.8) is 0 Å². The highest BCUT2D eigenvalue weighted by molar-refractivity contribution is 9.10. The lowest BCUT2D eigenvalue weighted by atomic mass is 9.95. The molecule has 5 nitrogen and oxygen atoms in total. The minimum Gasteiger partial charge on any atom is -0.353 e. The standard InChI is InChI=1S/C23H25BrClN3O2/c24-17-10-12-19(13-11-17)28-23(30)20(22(29)26-18-7-2-1-3-8-18)15-27(28)14-16-6-4-5-9-21(16)25/h4-6,9-13,18,20H,1-3,7-8,14-15H2,(H,26,29). The smallest absolute Gasteiger partial charge is 0.255 e. The lowest BCUT2D eigenvalue weighted by Crippen LogP contribution is -2.43. The molecule has 0 bridgehead atoms. The highest BCUT2D eigenvalue weighted by atomic mass is 79.9. The van der Waals surface area contributed by atoms with Crippen LogP contribution in [0.2, 0.25) is 5.02 Å². The highest BCUT2D eigenvalue weighted by Crippen LogP contribution is 2.30. The van der Waals surface area contributed by atoms with Crippen molar-refractivity contribution >= 4 is 45.0 Å². The van der Waals surface area contributed by atoms with E-state index in [1.165, 1.54) is 6.42 Å². The van der Waals surface area contributed by atoms with Crippen molar-refractivity contribution in [1.82, 2.24) is 10.3 Å². The Labute approximate surface area is 190 Å². The summed E-state index contributed by atoms with van der Waals surface area (Å²) in [5.41, 5.74) is 1.66. The minimum absolute atomic E-state index is 0.171. The Morgan fingerprint density at radius 3 is 2.47 bits per heavy atom. The number of hydrazine groups is 1. The maximum atomic E-state index is 13.3. The van der Waals surface area contributed by atoms with Crippen molar-refractivity contribution in [1.29, 1.82) is 0 Å². The second-order valence-electron chi connectivity index (χ2n) is 7.96. The van der Waals surface area contributed by atoms with Crippen LogP contribution in [-0.4, -0.2) is 29.4 Å². The first kappa shape index (κ1) is 21.3. The molecule has 30 heavy (non-hydrogen) atoms. The third-order valence-electron chi connectivity index (χ3n) is 5.83. The third-order valence-corrected chi connectivity index (χ3v) is 6.73. The second kappa shape index (κ2) is 9.50. The molecule has 0 aromatic heterocycles. The van der Waals surface area contributed by atoms with Crippen molar-refractivity contribution in [3.05, 3.63) is 63.6 Å². The topological polar surface area (TPSA) is 52.7 Å². The van der Waals surface area contributed by atoms with Gasteiger partial charge in [-0.15, -0.1) is 0 Å². The predicted molar refractivity (Wildman–Crippen MR) is 122 cm³/mol. The number of rotatable bonds is 5. The lowest BCUT2D eigenvalue weighted by Gasteiger charge is -2.28. The van der Waals surface area contributed by atoms with Crippen molar-refractivity contribution in [2.24, 2.45) is 5.92 Å². The van der Waals surface area contributed by atoms with Crippen LogP contribution >= 0.6 is 27.5 Å². The van der Waals surface area contributed by atoms with Crippen molar-refractivity contribution in [3.8, 4) is 0 Å². The number of carbonyl (C=O) groups is 2. The van der Waals surface area contributed by atoms with Gasteiger partial charge < -0.3 is 5.32 Å². The molecular weight excluding hydrogens is 466 g/mol. The second-order valence-corrected chi connectivity index (χ2v) is 9.28. The Bertz CT molecular complexity index is 915. The summed E-state index contributed by atoms with van der Waals surface area (Å²) in [7, 11) is 0. The van der Waals surface area contributed by atoms with Crippen molar-refractivity contribution < 1.29 is 9.59 Å². The summed E-state index contributed by atoms with van der Waals surface area (Å²) in [6, 6.07) is 15.3. The highest BCUT2D eigenvalue weighted by Gasteiger charge is 2.43. The van der Waals surface area contributed by atoms with E-state index in [4.69, 9.17) is 11.6 Å². The van der Waals surface area contributed by atoms with Crippen LogP contribution in [-0.2, 0) is 16.1 Å². The predicted octanol–water partition coefficient (Wildman–Crippen LogP) is 4.93. The van der Waals surface area contributed by atoms with Gasteiger partial charge in [0.25, 0.3) is 5.91 Å². The van der Waals surface area contributed by atoms with Gasteiger partial charge >= 0.3 is 0 Å². The van der Waals surface area contributed by atoms with E-state index in [-0.39, 0.29) is 17.9 Å². The van der Waals surface area contributed by atoms with E-state index in [0.29, 0.717) is 18.1 Å². The Hall–Kier alpha value is -1.89. The first-order chi connectivity index (χ1) is 14.5. The largest absolute Gasteiger partial charge is 0.353 e. The molecule has 1 saturated heterocycles. The van der Waals surface area contributed by atoms with E-state index >= 15 is 0 Å². The average Bonchev–Trinajstić information content (AvgIpc) is 3.07. The molecule has 1 N–H and O–H groups in total. The molecule has 158 valence electrons. The molecule has 1 aliphatic carbocycles. The number of amides is 2. The van der Waals surface area contributed by atoms with Crippen LogP contribution in [0.5, 0.6) is 0 Å². The SMILES string of the molecule is O=C(NC1CCCCC1)C1CN(Cc2ccccc2Cl)N(c2ccc(Br)cc2)C1=O. The fraction of sp³-hybridized carbons (Fsp3) is 0.391. The Balaban J connectivity index is 1.57. The number of carbonyl (C=O) groups excluding carboxylic acids is 2. The van der Waals surface area contributed by atoms with Gasteiger partial charge in [0.05, 0.1) is 5.69 Å². The summed E-state index contributed by atoms with van der Waals surface area (Å²) in [4.78, 5) is 26.3. The van der Waals surface area contributed by atoms with Gasteiger partial charge in [-0.05, 0) is 48.7 Å². The van der Waals surface area contributed by atoms with E-state index in [1.807, 2.05) is 53.5 Å². The molecule has 1 unspecified atom stereocenters. The molecule has 2 aliphatic rings. The van der Waals surface area contributed by atoms with Crippen molar-refractivity contribution in [2.45, 2.75) is 44.7 Å². The molecule has 2 amide bonds. The molecule has 2 aromatic carbocycles. The van der Waals surface area contributed by atoms with Crippen LogP contribution < -0.4 is 10.3 Å². The number of benzene rings is 2. The molecular formula is C23H25BrClN3O2. The number of halogens is 2. The van der Waals surface area contributed by atoms with Crippen LogP contribution in [0.1, 0.15) is 37.7 Å². The number of anilines is 1. The van der Waals surface area contributed by atoms with Crippen LogP contribution in [0.3, 0.4) is 0 Å². The third kappa shape index (κ3) is 4.71. The van der Waals surface area contributed by atoms with Gasteiger partial charge in [-0.25, -0.2) is 10.0 Å².